The summed E-state index contributed by atoms with van der Waals surface area (Å²) in [5.74, 6) is 0. The van der Waals surface area contributed by atoms with E-state index in [4.69, 9.17) is 0 Å². The van der Waals surface area contributed by atoms with Gasteiger partial charge < -0.3 is 4.57 Å². The van der Waals surface area contributed by atoms with Crippen LogP contribution in [0.2, 0.25) is 0 Å². The van der Waals surface area contributed by atoms with Gasteiger partial charge in [-0.3, -0.25) is 0 Å². The molecule has 0 fully saturated rings. The molecule has 23 heavy (non-hydrogen) atoms. The molecule has 1 aromatic heterocycles. The van der Waals surface area contributed by atoms with Crippen LogP contribution < -0.4 is 0 Å². The van der Waals surface area contributed by atoms with Gasteiger partial charge in [0.2, 0.25) is 10.0 Å². The molecule has 3 aromatic rings. The third-order valence-corrected chi connectivity index (χ3v) is 6.03. The molecule has 4 nitrogen and oxygen atoms in total. The zero-order valence-corrected chi connectivity index (χ0v) is 13.3. The lowest BCUT2D eigenvalue weighted by Crippen LogP contribution is -2.23. The summed E-state index contributed by atoms with van der Waals surface area (Å²) in [5, 5.41) is 0. The van der Waals surface area contributed by atoms with Crippen LogP contribution in [-0.4, -0.2) is 17.3 Å². The van der Waals surface area contributed by atoms with Gasteiger partial charge in [-0.05, 0) is 41.5 Å². The minimum atomic E-state index is -3.37. The van der Waals surface area contributed by atoms with Gasteiger partial charge in [0.25, 0.3) is 0 Å². The Morgan fingerprint density at radius 1 is 0.870 bits per heavy atom. The summed E-state index contributed by atoms with van der Waals surface area (Å²) in [6.45, 7) is 0.834. The molecule has 2 aromatic carbocycles. The molecule has 0 radical (unpaired) electrons. The van der Waals surface area contributed by atoms with Gasteiger partial charge in [0.05, 0.1) is 4.90 Å². The van der Waals surface area contributed by atoms with E-state index in [2.05, 4.69) is 0 Å². The van der Waals surface area contributed by atoms with Crippen molar-refractivity contribution in [1.29, 1.82) is 0 Å². The van der Waals surface area contributed by atoms with Crippen LogP contribution in [0, 0.1) is 0 Å². The maximum atomic E-state index is 12.6. The maximum absolute atomic E-state index is 12.6. The summed E-state index contributed by atoms with van der Waals surface area (Å²) < 4.78 is 28.7. The summed E-state index contributed by atoms with van der Waals surface area (Å²) in [7, 11) is -3.37. The van der Waals surface area contributed by atoms with Crippen LogP contribution in [-0.2, 0) is 23.1 Å². The number of nitrogens with zero attached hydrogens (tertiary/aromatic N) is 2. The van der Waals surface area contributed by atoms with Crippen LogP contribution in [0.3, 0.4) is 0 Å². The lowest BCUT2D eigenvalue weighted by Gasteiger charge is -2.15. The first-order valence-corrected chi connectivity index (χ1v) is 8.89. The first-order chi connectivity index (χ1) is 11.1. The van der Waals surface area contributed by atoms with Gasteiger partial charge in [0.15, 0.2) is 0 Å². The molecule has 1 aliphatic heterocycles. The van der Waals surface area contributed by atoms with E-state index in [0.717, 1.165) is 16.8 Å². The monoisotopic (exact) mass is 324 g/mol. The zero-order chi connectivity index (χ0) is 15.9. The highest BCUT2D eigenvalue weighted by molar-refractivity contribution is 7.89. The molecular weight excluding hydrogens is 308 g/mol. The van der Waals surface area contributed by atoms with E-state index >= 15 is 0 Å². The van der Waals surface area contributed by atoms with Gasteiger partial charge in [-0.2, -0.15) is 4.31 Å². The quantitative estimate of drug-likeness (QED) is 0.742. The van der Waals surface area contributed by atoms with Crippen molar-refractivity contribution in [2.24, 2.45) is 0 Å². The molecule has 0 atom stereocenters. The molecular formula is C18H16N2O2S. The minimum Gasteiger partial charge on any atom is -0.324 e. The van der Waals surface area contributed by atoms with Crippen molar-refractivity contribution in [3.8, 4) is 5.69 Å². The second-order valence-corrected chi connectivity index (χ2v) is 7.54. The van der Waals surface area contributed by atoms with E-state index in [0.29, 0.717) is 18.0 Å². The highest BCUT2D eigenvalue weighted by Gasteiger charge is 2.33. The largest absolute Gasteiger partial charge is 0.324 e. The van der Waals surface area contributed by atoms with E-state index in [1.54, 1.807) is 12.1 Å². The fraction of sp³-hybridized carbons (Fsp3) is 0.111. The summed E-state index contributed by atoms with van der Waals surface area (Å²) in [5.41, 5.74) is 2.92. The second kappa shape index (κ2) is 5.37. The summed E-state index contributed by atoms with van der Waals surface area (Å²) in [6.07, 6.45) is 3.97. The Labute approximate surface area is 135 Å². The van der Waals surface area contributed by atoms with Gasteiger partial charge in [-0.1, -0.05) is 30.3 Å². The number of hydrogen-bond acceptors (Lipinski definition) is 2. The number of benzene rings is 2. The van der Waals surface area contributed by atoms with Crippen LogP contribution in [0.5, 0.6) is 0 Å². The molecule has 0 saturated heterocycles. The van der Waals surface area contributed by atoms with E-state index in [1.165, 1.54) is 4.31 Å². The van der Waals surface area contributed by atoms with Crippen LogP contribution in [0.1, 0.15) is 11.1 Å². The first-order valence-electron chi connectivity index (χ1n) is 7.45. The topological polar surface area (TPSA) is 42.3 Å². The van der Waals surface area contributed by atoms with Gasteiger partial charge in [-0.15, -0.1) is 0 Å². The molecule has 1 aliphatic rings. The predicted octanol–water partition coefficient (Wildman–Crippen LogP) is 3.18. The predicted molar refractivity (Wildman–Crippen MR) is 88.6 cm³/mol. The average Bonchev–Trinajstić information content (AvgIpc) is 3.17. The van der Waals surface area contributed by atoms with Crippen molar-refractivity contribution in [2.75, 3.05) is 0 Å². The smallest absolute Gasteiger partial charge is 0.244 e. The second-order valence-electron chi connectivity index (χ2n) is 5.64. The lowest BCUT2D eigenvalue weighted by atomic mass is 10.2. The van der Waals surface area contributed by atoms with Crippen LogP contribution in [0.15, 0.2) is 78.0 Å². The standard InChI is InChI=1S/C18H16N2O2S/c21-23(22)18-6-2-1-5-16(18)14-20(23)13-15-7-9-17(10-8-15)19-11-3-4-12-19/h1-12H,13-14H2. The van der Waals surface area contributed by atoms with E-state index < -0.39 is 10.0 Å². The molecule has 0 N–H and O–H groups in total. The first kappa shape index (κ1) is 14.2. The van der Waals surface area contributed by atoms with Crippen molar-refractivity contribution in [3.05, 3.63) is 84.2 Å². The van der Waals surface area contributed by atoms with Crippen molar-refractivity contribution < 1.29 is 8.42 Å². The summed E-state index contributed by atoms with van der Waals surface area (Å²) in [6, 6.07) is 19.1. The van der Waals surface area contributed by atoms with E-state index in [-0.39, 0.29) is 0 Å². The molecule has 0 saturated carbocycles. The van der Waals surface area contributed by atoms with Crippen molar-refractivity contribution in [3.63, 3.8) is 0 Å². The van der Waals surface area contributed by atoms with Crippen LogP contribution >= 0.6 is 0 Å². The van der Waals surface area contributed by atoms with Gasteiger partial charge in [0, 0.05) is 31.2 Å². The molecule has 2 heterocycles. The fourth-order valence-corrected chi connectivity index (χ4v) is 4.55. The third-order valence-electron chi connectivity index (χ3n) is 4.13. The highest BCUT2D eigenvalue weighted by Crippen LogP contribution is 2.31. The Bertz CT molecular complexity index is 929. The summed E-state index contributed by atoms with van der Waals surface area (Å²) >= 11 is 0. The Morgan fingerprint density at radius 2 is 1.57 bits per heavy atom. The molecule has 0 spiro atoms. The van der Waals surface area contributed by atoms with Crippen molar-refractivity contribution in [1.82, 2.24) is 8.87 Å². The van der Waals surface area contributed by atoms with Crippen molar-refractivity contribution in [2.45, 2.75) is 18.0 Å². The average molecular weight is 324 g/mol. The molecule has 116 valence electrons. The Kier molecular flexibility index (Phi) is 3.32. The Balaban J connectivity index is 1.58. The Morgan fingerprint density at radius 3 is 2.26 bits per heavy atom. The molecule has 4 rings (SSSR count). The molecule has 0 bridgehead atoms. The number of aromatic nitrogens is 1. The molecule has 0 amide bonds. The van der Waals surface area contributed by atoms with E-state index in [9.17, 15) is 8.42 Å². The number of rotatable bonds is 3. The van der Waals surface area contributed by atoms with Gasteiger partial charge in [0.1, 0.15) is 0 Å². The van der Waals surface area contributed by atoms with E-state index in [1.807, 2.05) is 65.5 Å². The summed E-state index contributed by atoms with van der Waals surface area (Å²) in [4.78, 5) is 0.434. The van der Waals surface area contributed by atoms with Gasteiger partial charge >= 0.3 is 0 Å². The normalized spacial score (nSPS) is 16.3. The maximum Gasteiger partial charge on any atom is 0.244 e. The SMILES string of the molecule is O=S1(=O)c2ccccc2CN1Cc1ccc(-n2cccc2)cc1. The van der Waals surface area contributed by atoms with Gasteiger partial charge in [-0.25, -0.2) is 8.42 Å². The minimum absolute atomic E-state index is 0.392. The number of fused-ring (bicyclic) bond motifs is 1. The molecule has 0 unspecified atom stereocenters. The van der Waals surface area contributed by atoms with Crippen molar-refractivity contribution >= 4 is 10.0 Å². The molecule has 0 aliphatic carbocycles. The fourth-order valence-electron chi connectivity index (χ4n) is 2.92. The zero-order valence-electron chi connectivity index (χ0n) is 12.5. The van der Waals surface area contributed by atoms with Crippen LogP contribution in [0.4, 0.5) is 0 Å². The molecule has 5 heteroatoms. The third kappa shape index (κ3) is 2.48. The Hall–Kier alpha value is -2.37. The highest BCUT2D eigenvalue weighted by atomic mass is 32.2. The number of hydrogen-bond donors (Lipinski definition) is 0. The number of sulfonamides is 1. The van der Waals surface area contributed by atoms with Crippen LogP contribution in [0.25, 0.3) is 5.69 Å². The lowest BCUT2D eigenvalue weighted by molar-refractivity contribution is 0.420.